The summed E-state index contributed by atoms with van der Waals surface area (Å²) in [5.41, 5.74) is 2.90. The van der Waals surface area contributed by atoms with Crippen LogP contribution in [0.3, 0.4) is 0 Å². The van der Waals surface area contributed by atoms with Crippen LogP contribution in [-0.2, 0) is 13.0 Å². The van der Waals surface area contributed by atoms with Gasteiger partial charge in [-0.05, 0) is 38.9 Å². The van der Waals surface area contributed by atoms with Gasteiger partial charge in [0.15, 0.2) is 0 Å². The lowest BCUT2D eigenvalue weighted by Crippen LogP contribution is -2.20. The van der Waals surface area contributed by atoms with Gasteiger partial charge in [-0.3, -0.25) is 4.68 Å². The van der Waals surface area contributed by atoms with E-state index in [9.17, 15) is 4.39 Å². The van der Waals surface area contributed by atoms with E-state index in [1.807, 2.05) is 44.0 Å². The summed E-state index contributed by atoms with van der Waals surface area (Å²) in [6.07, 6.45) is 4.59. The highest BCUT2D eigenvalue weighted by Gasteiger charge is 2.15. The molecular formula is C15H20FN3. The van der Waals surface area contributed by atoms with E-state index in [2.05, 4.69) is 10.4 Å². The van der Waals surface area contributed by atoms with Crippen LogP contribution in [0.15, 0.2) is 30.6 Å². The maximum atomic E-state index is 13.9. The normalized spacial score (nSPS) is 12.6. The zero-order chi connectivity index (χ0) is 13.8. The van der Waals surface area contributed by atoms with Gasteiger partial charge in [0.1, 0.15) is 5.82 Å². The van der Waals surface area contributed by atoms with E-state index in [4.69, 9.17) is 0 Å². The first-order valence-electron chi connectivity index (χ1n) is 6.58. The number of aromatic nitrogens is 2. The molecule has 1 unspecified atom stereocenters. The molecule has 0 amide bonds. The molecule has 0 bridgehead atoms. The van der Waals surface area contributed by atoms with Crippen LogP contribution in [0.2, 0.25) is 0 Å². The minimum absolute atomic E-state index is 0.0330. The number of likely N-dealkylation sites (N-methyl/N-ethyl adjacent to an activating group) is 1. The summed E-state index contributed by atoms with van der Waals surface area (Å²) in [5.74, 6) is -0.159. The number of nitrogens with zero attached hydrogens (tertiary/aromatic N) is 2. The fourth-order valence-corrected chi connectivity index (χ4v) is 2.22. The van der Waals surface area contributed by atoms with Crippen molar-refractivity contribution in [3.05, 3.63) is 53.1 Å². The minimum atomic E-state index is -0.159. The first-order chi connectivity index (χ1) is 9.13. The van der Waals surface area contributed by atoms with Crippen molar-refractivity contribution in [2.24, 2.45) is 0 Å². The van der Waals surface area contributed by atoms with Crippen molar-refractivity contribution in [1.82, 2.24) is 15.1 Å². The number of halogens is 1. The van der Waals surface area contributed by atoms with Crippen molar-refractivity contribution < 1.29 is 4.39 Å². The number of nitrogens with one attached hydrogen (secondary N) is 1. The van der Waals surface area contributed by atoms with Crippen LogP contribution in [0.4, 0.5) is 4.39 Å². The Hall–Kier alpha value is -1.68. The number of hydrogen-bond donors (Lipinski definition) is 1. The number of aryl methyl sites for hydroxylation is 2. The molecule has 0 radical (unpaired) electrons. The molecule has 1 atom stereocenters. The highest BCUT2D eigenvalue weighted by molar-refractivity contribution is 5.28. The molecule has 4 heteroatoms. The van der Waals surface area contributed by atoms with E-state index in [1.165, 1.54) is 6.07 Å². The van der Waals surface area contributed by atoms with Gasteiger partial charge in [0, 0.05) is 24.3 Å². The highest BCUT2D eigenvalue weighted by Crippen LogP contribution is 2.22. The van der Waals surface area contributed by atoms with Gasteiger partial charge in [-0.15, -0.1) is 0 Å². The summed E-state index contributed by atoms with van der Waals surface area (Å²) in [6.45, 7) is 4.88. The van der Waals surface area contributed by atoms with Gasteiger partial charge in [0.05, 0.1) is 6.20 Å². The van der Waals surface area contributed by atoms with E-state index in [0.717, 1.165) is 24.1 Å². The maximum absolute atomic E-state index is 13.9. The third kappa shape index (κ3) is 3.20. The first-order valence-corrected chi connectivity index (χ1v) is 6.58. The standard InChI is InChI=1S/C15H20FN3/c1-4-19-10-12(9-18-19)8-15(17-3)13-7-11(2)5-6-14(13)16/h5-7,9-10,15,17H,4,8H2,1-3H3. The van der Waals surface area contributed by atoms with Crippen LogP contribution in [0.1, 0.15) is 29.7 Å². The molecule has 19 heavy (non-hydrogen) atoms. The zero-order valence-electron chi connectivity index (χ0n) is 11.7. The van der Waals surface area contributed by atoms with Gasteiger partial charge in [-0.2, -0.15) is 5.10 Å². The molecule has 0 saturated heterocycles. The van der Waals surface area contributed by atoms with Crippen LogP contribution in [0.25, 0.3) is 0 Å². The van der Waals surface area contributed by atoms with E-state index in [-0.39, 0.29) is 11.9 Å². The van der Waals surface area contributed by atoms with Crippen LogP contribution >= 0.6 is 0 Å². The molecule has 0 spiro atoms. The summed E-state index contributed by atoms with van der Waals surface area (Å²) in [4.78, 5) is 0. The topological polar surface area (TPSA) is 29.9 Å². The molecule has 102 valence electrons. The van der Waals surface area contributed by atoms with Crippen molar-refractivity contribution >= 4 is 0 Å². The Kier molecular flexibility index (Phi) is 4.32. The molecular weight excluding hydrogens is 241 g/mol. The number of benzene rings is 1. The SMILES string of the molecule is CCn1cc(CC(NC)c2cc(C)ccc2F)cn1. The van der Waals surface area contributed by atoms with Crippen molar-refractivity contribution in [3.63, 3.8) is 0 Å². The van der Waals surface area contributed by atoms with Crippen LogP contribution in [-0.4, -0.2) is 16.8 Å². The molecule has 1 N–H and O–H groups in total. The predicted molar refractivity (Wildman–Crippen MR) is 74.5 cm³/mol. The Morgan fingerprint density at radius 1 is 1.42 bits per heavy atom. The third-order valence-corrected chi connectivity index (χ3v) is 3.33. The lowest BCUT2D eigenvalue weighted by molar-refractivity contribution is 0.533. The Morgan fingerprint density at radius 2 is 2.21 bits per heavy atom. The van der Waals surface area contributed by atoms with Crippen molar-refractivity contribution in [2.75, 3.05) is 7.05 Å². The monoisotopic (exact) mass is 261 g/mol. The van der Waals surface area contributed by atoms with Gasteiger partial charge in [-0.25, -0.2) is 4.39 Å². The second kappa shape index (κ2) is 5.97. The fraction of sp³-hybridized carbons (Fsp3) is 0.400. The molecule has 0 aliphatic carbocycles. The predicted octanol–water partition coefficient (Wildman–Crippen LogP) is 2.85. The van der Waals surface area contributed by atoms with Crippen molar-refractivity contribution in [3.8, 4) is 0 Å². The van der Waals surface area contributed by atoms with E-state index in [0.29, 0.717) is 5.56 Å². The average molecular weight is 261 g/mol. The molecule has 0 fully saturated rings. The quantitative estimate of drug-likeness (QED) is 0.897. The zero-order valence-corrected chi connectivity index (χ0v) is 11.7. The van der Waals surface area contributed by atoms with Gasteiger partial charge in [0.2, 0.25) is 0 Å². The molecule has 0 saturated carbocycles. The van der Waals surface area contributed by atoms with E-state index in [1.54, 1.807) is 6.07 Å². The largest absolute Gasteiger partial charge is 0.313 e. The number of rotatable bonds is 5. The second-order valence-electron chi connectivity index (χ2n) is 4.77. The Bertz CT molecular complexity index is 548. The van der Waals surface area contributed by atoms with Crippen molar-refractivity contribution in [2.45, 2.75) is 32.9 Å². The summed E-state index contributed by atoms with van der Waals surface area (Å²) >= 11 is 0. The number of hydrogen-bond acceptors (Lipinski definition) is 2. The Balaban J connectivity index is 2.22. The summed E-state index contributed by atoms with van der Waals surface area (Å²) in [6, 6.07) is 5.20. The summed E-state index contributed by atoms with van der Waals surface area (Å²) in [7, 11) is 1.86. The van der Waals surface area contributed by atoms with Gasteiger partial charge in [-0.1, -0.05) is 17.7 Å². The van der Waals surface area contributed by atoms with Gasteiger partial charge < -0.3 is 5.32 Å². The summed E-state index contributed by atoms with van der Waals surface area (Å²) < 4.78 is 15.8. The molecule has 0 aliphatic rings. The van der Waals surface area contributed by atoms with Crippen LogP contribution < -0.4 is 5.32 Å². The van der Waals surface area contributed by atoms with Gasteiger partial charge >= 0.3 is 0 Å². The molecule has 1 aromatic heterocycles. The van der Waals surface area contributed by atoms with E-state index >= 15 is 0 Å². The fourth-order valence-electron chi connectivity index (χ4n) is 2.22. The van der Waals surface area contributed by atoms with Gasteiger partial charge in [0.25, 0.3) is 0 Å². The van der Waals surface area contributed by atoms with Crippen LogP contribution in [0, 0.1) is 12.7 Å². The molecule has 1 aromatic carbocycles. The highest BCUT2D eigenvalue weighted by atomic mass is 19.1. The average Bonchev–Trinajstić information content (AvgIpc) is 2.87. The summed E-state index contributed by atoms with van der Waals surface area (Å²) in [5, 5.41) is 7.44. The molecule has 0 aliphatic heterocycles. The van der Waals surface area contributed by atoms with Crippen molar-refractivity contribution in [1.29, 1.82) is 0 Å². The molecule has 3 nitrogen and oxygen atoms in total. The second-order valence-corrected chi connectivity index (χ2v) is 4.77. The minimum Gasteiger partial charge on any atom is -0.313 e. The lowest BCUT2D eigenvalue weighted by atomic mass is 9.98. The Morgan fingerprint density at radius 3 is 2.84 bits per heavy atom. The Labute approximate surface area is 113 Å². The first kappa shape index (κ1) is 13.7. The molecule has 1 heterocycles. The lowest BCUT2D eigenvalue weighted by Gasteiger charge is -2.17. The molecule has 2 aromatic rings. The smallest absolute Gasteiger partial charge is 0.128 e. The van der Waals surface area contributed by atoms with E-state index < -0.39 is 0 Å². The third-order valence-electron chi connectivity index (χ3n) is 3.33. The maximum Gasteiger partial charge on any atom is 0.128 e. The molecule has 2 rings (SSSR count). The van der Waals surface area contributed by atoms with Crippen LogP contribution in [0.5, 0.6) is 0 Å².